The summed E-state index contributed by atoms with van der Waals surface area (Å²) in [7, 11) is 0. The molecule has 26 heavy (non-hydrogen) atoms. The predicted molar refractivity (Wildman–Crippen MR) is 103 cm³/mol. The van der Waals surface area contributed by atoms with Crippen molar-refractivity contribution in [3.8, 4) is 0 Å². The number of amides is 1. The maximum absolute atomic E-state index is 11.8. The molecule has 1 aromatic carbocycles. The number of carbonyl (C=O) groups is 1. The summed E-state index contributed by atoms with van der Waals surface area (Å²) in [6.07, 6.45) is 4.22. The van der Waals surface area contributed by atoms with Crippen LogP contribution >= 0.6 is 0 Å². The van der Waals surface area contributed by atoms with Crippen LogP contribution in [0.25, 0.3) is 0 Å². The molecule has 2 heterocycles. The Kier molecular flexibility index (Phi) is 6.89. The van der Waals surface area contributed by atoms with E-state index < -0.39 is 0 Å². The number of ether oxygens (including phenoxy) is 1. The van der Waals surface area contributed by atoms with Gasteiger partial charge in [0.25, 0.3) is 0 Å². The van der Waals surface area contributed by atoms with Crippen molar-refractivity contribution in [2.24, 2.45) is 4.99 Å². The Labute approximate surface area is 156 Å². The maximum atomic E-state index is 11.8. The molecule has 1 unspecified atom stereocenters. The lowest BCUT2D eigenvalue weighted by molar-refractivity contribution is -0.128. The van der Waals surface area contributed by atoms with Crippen molar-refractivity contribution in [2.45, 2.75) is 51.8 Å². The number of hydrogen-bond donors (Lipinski definition) is 2. The third-order valence-electron chi connectivity index (χ3n) is 4.82. The second kappa shape index (κ2) is 9.57. The summed E-state index contributed by atoms with van der Waals surface area (Å²) < 4.78 is 5.65. The summed E-state index contributed by atoms with van der Waals surface area (Å²) >= 11 is 0. The number of aliphatic imine (C=N–C) groups is 1. The molecule has 1 atom stereocenters. The van der Waals surface area contributed by atoms with Crippen LogP contribution in [0.5, 0.6) is 0 Å². The van der Waals surface area contributed by atoms with Gasteiger partial charge in [0.2, 0.25) is 5.91 Å². The molecule has 6 heteroatoms. The van der Waals surface area contributed by atoms with Crippen molar-refractivity contribution in [2.75, 3.05) is 26.2 Å². The highest BCUT2D eigenvalue weighted by atomic mass is 16.5. The largest absolute Gasteiger partial charge is 0.376 e. The van der Waals surface area contributed by atoms with Crippen LogP contribution in [0.2, 0.25) is 0 Å². The SMILES string of the molecule is CCNC(=NCc1cccc(CN2CCCC2=O)c1)NCC1CCCO1. The van der Waals surface area contributed by atoms with Crippen LogP contribution < -0.4 is 10.6 Å². The minimum atomic E-state index is 0.265. The van der Waals surface area contributed by atoms with Crippen LogP contribution in [0.4, 0.5) is 0 Å². The molecule has 3 rings (SSSR count). The lowest BCUT2D eigenvalue weighted by Gasteiger charge is -2.16. The third-order valence-corrected chi connectivity index (χ3v) is 4.82. The summed E-state index contributed by atoms with van der Waals surface area (Å²) in [5.74, 6) is 1.09. The molecule has 2 aliphatic rings. The van der Waals surface area contributed by atoms with Crippen LogP contribution in [0, 0.1) is 0 Å². The Hall–Kier alpha value is -2.08. The number of rotatable bonds is 7. The minimum Gasteiger partial charge on any atom is -0.376 e. The molecule has 0 saturated carbocycles. The number of guanidine groups is 1. The zero-order valence-electron chi connectivity index (χ0n) is 15.7. The molecular weight excluding hydrogens is 328 g/mol. The van der Waals surface area contributed by atoms with Gasteiger partial charge >= 0.3 is 0 Å². The molecule has 0 spiro atoms. The second-order valence-electron chi connectivity index (χ2n) is 6.95. The summed E-state index contributed by atoms with van der Waals surface area (Å²) in [5.41, 5.74) is 2.33. The number of benzene rings is 1. The van der Waals surface area contributed by atoms with Crippen molar-refractivity contribution in [1.82, 2.24) is 15.5 Å². The number of hydrogen-bond acceptors (Lipinski definition) is 3. The molecule has 0 bridgehead atoms. The van der Waals surface area contributed by atoms with Crippen LogP contribution in [0.1, 0.15) is 43.7 Å². The van der Waals surface area contributed by atoms with Gasteiger partial charge in [0.15, 0.2) is 5.96 Å². The minimum absolute atomic E-state index is 0.265. The molecule has 2 fully saturated rings. The van der Waals surface area contributed by atoms with Crippen LogP contribution in [-0.4, -0.2) is 49.1 Å². The average Bonchev–Trinajstić information content (AvgIpc) is 3.30. The Balaban J connectivity index is 1.55. The van der Waals surface area contributed by atoms with E-state index >= 15 is 0 Å². The van der Waals surface area contributed by atoms with Gasteiger partial charge in [-0.25, -0.2) is 4.99 Å². The normalized spacial score (nSPS) is 20.7. The predicted octanol–water partition coefficient (Wildman–Crippen LogP) is 2.04. The standard InChI is InChI=1S/C20H30N4O2/c1-2-21-20(23-14-18-8-5-11-26-18)22-13-16-6-3-7-17(12-16)15-24-10-4-9-19(24)25/h3,6-7,12,18H,2,4-5,8-11,13-15H2,1H3,(H2,21,22,23). The Bertz CT molecular complexity index is 626. The zero-order chi connectivity index (χ0) is 18.2. The molecule has 1 amide bonds. The first-order valence-electron chi connectivity index (χ1n) is 9.74. The van der Waals surface area contributed by atoms with E-state index in [2.05, 4.69) is 35.8 Å². The van der Waals surface area contributed by atoms with Gasteiger partial charge in [-0.3, -0.25) is 4.79 Å². The quantitative estimate of drug-likeness (QED) is 0.578. The summed E-state index contributed by atoms with van der Waals surface area (Å²) in [6, 6.07) is 8.37. The molecule has 1 aromatic rings. The molecule has 0 radical (unpaired) electrons. The van der Waals surface area contributed by atoms with E-state index in [9.17, 15) is 4.79 Å². The monoisotopic (exact) mass is 358 g/mol. The van der Waals surface area contributed by atoms with Gasteiger partial charge in [0.1, 0.15) is 0 Å². The number of nitrogens with one attached hydrogen (secondary N) is 2. The van der Waals surface area contributed by atoms with Crippen LogP contribution in [-0.2, 0) is 22.6 Å². The van der Waals surface area contributed by atoms with E-state index in [1.54, 1.807) is 0 Å². The number of likely N-dealkylation sites (tertiary alicyclic amines) is 1. The molecule has 2 aliphatic heterocycles. The lowest BCUT2D eigenvalue weighted by Crippen LogP contribution is -2.41. The van der Waals surface area contributed by atoms with Gasteiger partial charge in [0, 0.05) is 39.2 Å². The Morgan fingerprint density at radius 1 is 1.31 bits per heavy atom. The maximum Gasteiger partial charge on any atom is 0.222 e. The molecule has 6 nitrogen and oxygen atoms in total. The van der Waals surface area contributed by atoms with E-state index in [1.165, 1.54) is 5.56 Å². The fourth-order valence-electron chi connectivity index (χ4n) is 3.45. The van der Waals surface area contributed by atoms with Crippen LogP contribution in [0.3, 0.4) is 0 Å². The first kappa shape index (κ1) is 18.7. The van der Waals surface area contributed by atoms with Crippen molar-refractivity contribution in [3.63, 3.8) is 0 Å². The molecule has 142 valence electrons. The fraction of sp³-hybridized carbons (Fsp3) is 0.600. The average molecular weight is 358 g/mol. The molecule has 2 saturated heterocycles. The zero-order valence-corrected chi connectivity index (χ0v) is 15.7. The highest BCUT2D eigenvalue weighted by Gasteiger charge is 2.20. The van der Waals surface area contributed by atoms with Gasteiger partial charge < -0.3 is 20.3 Å². The topological polar surface area (TPSA) is 66.0 Å². The van der Waals surface area contributed by atoms with Gasteiger partial charge in [0.05, 0.1) is 12.6 Å². The third kappa shape index (κ3) is 5.46. The molecule has 0 aromatic heterocycles. The molecular formula is C20H30N4O2. The first-order chi connectivity index (χ1) is 12.7. The number of nitrogens with zero attached hydrogens (tertiary/aromatic N) is 2. The van der Waals surface area contributed by atoms with Gasteiger partial charge in [-0.2, -0.15) is 0 Å². The van der Waals surface area contributed by atoms with Gasteiger partial charge in [-0.15, -0.1) is 0 Å². The van der Waals surface area contributed by atoms with E-state index in [0.717, 1.165) is 57.0 Å². The molecule has 2 N–H and O–H groups in total. The fourth-order valence-corrected chi connectivity index (χ4v) is 3.45. The highest BCUT2D eigenvalue weighted by molar-refractivity contribution is 5.79. The second-order valence-corrected chi connectivity index (χ2v) is 6.95. The van der Waals surface area contributed by atoms with Crippen molar-refractivity contribution < 1.29 is 9.53 Å². The van der Waals surface area contributed by atoms with Gasteiger partial charge in [-0.1, -0.05) is 24.3 Å². The van der Waals surface area contributed by atoms with E-state index in [-0.39, 0.29) is 5.91 Å². The van der Waals surface area contributed by atoms with E-state index in [4.69, 9.17) is 9.73 Å². The summed E-state index contributed by atoms with van der Waals surface area (Å²) in [4.78, 5) is 18.4. The summed E-state index contributed by atoms with van der Waals surface area (Å²) in [5, 5.41) is 6.66. The van der Waals surface area contributed by atoms with Crippen molar-refractivity contribution in [3.05, 3.63) is 35.4 Å². The van der Waals surface area contributed by atoms with Gasteiger partial charge in [-0.05, 0) is 37.3 Å². The first-order valence-corrected chi connectivity index (χ1v) is 9.74. The summed E-state index contributed by atoms with van der Waals surface area (Å²) in [6.45, 7) is 6.75. The Morgan fingerprint density at radius 3 is 2.92 bits per heavy atom. The lowest BCUT2D eigenvalue weighted by atomic mass is 10.1. The van der Waals surface area contributed by atoms with E-state index in [0.29, 0.717) is 25.6 Å². The van der Waals surface area contributed by atoms with Crippen LogP contribution in [0.15, 0.2) is 29.3 Å². The number of carbonyl (C=O) groups excluding carboxylic acids is 1. The highest BCUT2D eigenvalue weighted by Crippen LogP contribution is 2.15. The van der Waals surface area contributed by atoms with E-state index in [1.807, 2.05) is 11.0 Å². The van der Waals surface area contributed by atoms with Crippen molar-refractivity contribution >= 4 is 11.9 Å². The molecule has 0 aliphatic carbocycles. The Morgan fingerprint density at radius 2 is 2.19 bits per heavy atom. The van der Waals surface area contributed by atoms with Crippen molar-refractivity contribution in [1.29, 1.82) is 0 Å². The smallest absolute Gasteiger partial charge is 0.222 e.